The molecule has 0 bridgehead atoms. The molecule has 12 atom stereocenters. The highest BCUT2D eigenvalue weighted by molar-refractivity contribution is 6.00. The zero-order valence-corrected chi connectivity index (χ0v) is 54.4. The summed E-state index contributed by atoms with van der Waals surface area (Å²) in [5.74, 6) is -15.3. The van der Waals surface area contributed by atoms with Gasteiger partial charge >= 0.3 is 17.9 Å². The van der Waals surface area contributed by atoms with E-state index in [0.717, 1.165) is 6.42 Å². The number of hydrogen-bond acceptors (Lipinski definition) is 17. The molecule has 3 fully saturated rings. The Morgan fingerprint density at radius 3 is 1.43 bits per heavy atom. The summed E-state index contributed by atoms with van der Waals surface area (Å²) in [6, 6.07) is -15.3. The van der Waals surface area contributed by atoms with Crippen LogP contribution >= 0.6 is 0 Å². The monoisotopic (exact) mass is 1300 g/mol. The number of amides is 12. The van der Waals surface area contributed by atoms with E-state index in [1.807, 2.05) is 19.2 Å². The average molecular weight is 1310 g/mol. The maximum Gasteiger partial charge on any atom is 0.326 e. The van der Waals surface area contributed by atoms with E-state index in [9.17, 15) is 87.2 Å². The van der Waals surface area contributed by atoms with Gasteiger partial charge in [-0.25, -0.2) is 4.79 Å². The first-order valence-corrected chi connectivity index (χ1v) is 31.9. The van der Waals surface area contributed by atoms with Crippen molar-refractivity contribution >= 4 is 88.8 Å². The first kappa shape index (κ1) is 78.2. The molecule has 0 unspecified atom stereocenters. The number of rotatable bonds is 39. The van der Waals surface area contributed by atoms with E-state index in [4.69, 9.17) is 11.5 Å². The van der Waals surface area contributed by atoms with Crippen LogP contribution in [0.3, 0.4) is 0 Å². The molecule has 3 saturated heterocycles. The largest absolute Gasteiger partial charge is 0.481 e. The Balaban J connectivity index is 1.79. The van der Waals surface area contributed by atoms with Crippen LogP contribution in [-0.4, -0.2) is 213 Å². The van der Waals surface area contributed by atoms with Gasteiger partial charge in [0.1, 0.15) is 66.5 Å². The molecule has 0 aromatic rings. The van der Waals surface area contributed by atoms with Crippen molar-refractivity contribution in [2.75, 3.05) is 26.2 Å². The van der Waals surface area contributed by atoms with E-state index in [-0.39, 0.29) is 82.3 Å². The van der Waals surface area contributed by atoms with Crippen molar-refractivity contribution in [1.29, 1.82) is 0 Å². The van der Waals surface area contributed by atoms with Gasteiger partial charge in [-0.2, -0.15) is 0 Å². The summed E-state index contributed by atoms with van der Waals surface area (Å²) >= 11 is 0. The molecule has 3 aliphatic heterocycles. The molecule has 0 aromatic heterocycles. The number of unbranched alkanes of at least 4 members (excludes halogenated alkanes) is 1. The molecule has 3 aliphatic rings. The molecule has 92 heavy (non-hydrogen) atoms. The summed E-state index contributed by atoms with van der Waals surface area (Å²) in [7, 11) is 0. The quantitative estimate of drug-likeness (QED) is 0.0279. The molecule has 32 nitrogen and oxygen atoms in total. The Morgan fingerprint density at radius 2 is 0.946 bits per heavy atom. The Bertz CT molecular complexity index is 2630. The zero-order chi connectivity index (χ0) is 69.3. The molecule has 12 amide bonds. The van der Waals surface area contributed by atoms with Gasteiger partial charge in [0.25, 0.3) is 0 Å². The van der Waals surface area contributed by atoms with Crippen molar-refractivity contribution < 1.29 is 87.2 Å². The van der Waals surface area contributed by atoms with Crippen molar-refractivity contribution in [3.8, 4) is 0 Å². The molecule has 32 heteroatoms. The number of nitrogens with zero attached hydrogens (tertiary/aromatic N) is 2. The lowest BCUT2D eigenvalue weighted by Crippen LogP contribution is -2.61. The molecule has 518 valence electrons. The fourth-order valence-corrected chi connectivity index (χ4v) is 11.1. The fraction of sp³-hybridized carbons (Fsp3) is 0.750. The maximum absolute atomic E-state index is 14.6. The number of carbonyl (C=O) groups is 15. The molecule has 3 rings (SSSR count). The number of nitrogens with two attached hydrogens (primary N) is 2. The number of carboxylic acid groups (broad SMARTS) is 3. The zero-order valence-electron chi connectivity index (χ0n) is 54.4. The lowest BCUT2D eigenvalue weighted by atomic mass is 9.98. The van der Waals surface area contributed by atoms with Crippen LogP contribution in [0.2, 0.25) is 0 Å². The minimum Gasteiger partial charge on any atom is -0.481 e. The van der Waals surface area contributed by atoms with Crippen LogP contribution in [0.25, 0.3) is 0 Å². The molecule has 0 aliphatic carbocycles. The highest BCUT2D eigenvalue weighted by atomic mass is 16.4. The van der Waals surface area contributed by atoms with Gasteiger partial charge in [0.05, 0.1) is 12.5 Å². The third-order valence-electron chi connectivity index (χ3n) is 16.1. The van der Waals surface area contributed by atoms with Gasteiger partial charge in [-0.05, 0) is 127 Å². The van der Waals surface area contributed by atoms with Crippen LogP contribution in [0, 0.1) is 23.7 Å². The normalized spacial score (nSPS) is 19.3. The molecule has 0 radical (unpaired) electrons. The number of carboxylic acids is 3. The third-order valence-corrected chi connectivity index (χ3v) is 16.1. The van der Waals surface area contributed by atoms with Crippen LogP contribution in [0.5, 0.6) is 0 Å². The first-order chi connectivity index (χ1) is 43.2. The second-order valence-corrected chi connectivity index (χ2v) is 25.5. The maximum atomic E-state index is 14.6. The van der Waals surface area contributed by atoms with Crippen LogP contribution < -0.4 is 64.6 Å². The highest BCUT2D eigenvalue weighted by Gasteiger charge is 2.44. The van der Waals surface area contributed by atoms with Crippen LogP contribution in [0.4, 0.5) is 0 Å². The molecule has 17 N–H and O–H groups in total. The Labute approximate surface area is 536 Å². The van der Waals surface area contributed by atoms with Gasteiger partial charge in [-0.3, -0.25) is 67.1 Å². The number of hydrogen-bond donors (Lipinski definition) is 15. The lowest BCUT2D eigenvalue weighted by molar-refractivity contribution is -0.147. The molecular weight excluding hydrogens is 1200 g/mol. The number of carbonyl (C=O) groups excluding carboxylic acids is 12. The summed E-state index contributed by atoms with van der Waals surface area (Å²) < 4.78 is 0. The Morgan fingerprint density at radius 1 is 0.467 bits per heavy atom. The van der Waals surface area contributed by atoms with E-state index < -0.39 is 193 Å². The van der Waals surface area contributed by atoms with Gasteiger partial charge in [0.15, 0.2) is 0 Å². The minimum absolute atomic E-state index is 0.0213. The van der Waals surface area contributed by atoms with Gasteiger partial charge in [-0.15, -0.1) is 0 Å². The molecule has 0 saturated carbocycles. The summed E-state index contributed by atoms with van der Waals surface area (Å²) in [6.07, 6.45) is 0.436. The van der Waals surface area contributed by atoms with Crippen molar-refractivity contribution in [2.24, 2.45) is 35.1 Å². The van der Waals surface area contributed by atoms with E-state index in [1.165, 1.54) is 16.7 Å². The van der Waals surface area contributed by atoms with Crippen molar-refractivity contribution in [3.63, 3.8) is 0 Å². The van der Waals surface area contributed by atoms with Gasteiger partial charge < -0.3 is 89.8 Å². The second-order valence-electron chi connectivity index (χ2n) is 25.5. The van der Waals surface area contributed by atoms with Crippen molar-refractivity contribution in [1.82, 2.24) is 63.0 Å². The van der Waals surface area contributed by atoms with Crippen LogP contribution in [-0.2, 0) is 71.9 Å². The predicted molar refractivity (Wildman–Crippen MR) is 330 cm³/mol. The van der Waals surface area contributed by atoms with E-state index in [2.05, 4.69) is 47.9 Å². The number of nitrogens with one attached hydrogen (secondary N) is 10. The summed E-state index contributed by atoms with van der Waals surface area (Å²) in [5.41, 5.74) is 11.0. The van der Waals surface area contributed by atoms with Gasteiger partial charge in [-0.1, -0.05) is 55.4 Å². The van der Waals surface area contributed by atoms with Crippen LogP contribution in [0.15, 0.2) is 0 Å². The van der Waals surface area contributed by atoms with Crippen molar-refractivity contribution in [2.45, 2.75) is 238 Å². The Kier molecular flexibility index (Phi) is 32.4. The first-order valence-electron chi connectivity index (χ1n) is 31.9. The van der Waals surface area contributed by atoms with Gasteiger partial charge in [0.2, 0.25) is 70.9 Å². The molecule has 3 heterocycles. The lowest BCUT2D eigenvalue weighted by Gasteiger charge is -2.33. The molecule has 0 aromatic carbocycles. The highest BCUT2D eigenvalue weighted by Crippen LogP contribution is 2.24. The summed E-state index contributed by atoms with van der Waals surface area (Å²) in [4.78, 5) is 203. The summed E-state index contributed by atoms with van der Waals surface area (Å²) in [5, 5.41) is 54.6. The predicted octanol–water partition coefficient (Wildman–Crippen LogP) is -2.67. The van der Waals surface area contributed by atoms with E-state index in [0.29, 0.717) is 32.2 Å². The number of aliphatic carboxylic acids is 3. The summed E-state index contributed by atoms with van der Waals surface area (Å²) in [6.45, 7) is 16.2. The number of primary amides is 1. The molecule has 0 spiro atoms. The fourth-order valence-electron chi connectivity index (χ4n) is 11.1. The average Bonchev–Trinajstić information content (AvgIpc) is 1.61. The van der Waals surface area contributed by atoms with E-state index in [1.54, 1.807) is 41.5 Å². The smallest absolute Gasteiger partial charge is 0.326 e. The topological polar surface area (TPSA) is 496 Å². The Hall–Kier alpha value is -8.03. The SMILES string of the molecule is CC(C)C[C@H](NC(=O)[C@@H]1CCCN1)C(=O)N[C@@H](C)C(=O)N[C@@H](CCC(=O)O)C(=O)N1CCC[C@H]1C(=O)N[C@H](C(=O)N1CCC[C@H]1C(=O)N[C@@H](CC(C)C)C(=O)N[C@H](C(=O)N[C@@H](CCCCN)C(=O)N[C@@H](CCC(N)=O)C(=O)N[C@@H](CC(=O)O)C(=O)O)C(C)C)C(C)C. The number of likely N-dealkylation sites (tertiary alicyclic amines) is 2. The van der Waals surface area contributed by atoms with Gasteiger partial charge in [0, 0.05) is 25.9 Å². The second kappa shape index (κ2) is 38.1. The van der Waals surface area contributed by atoms with Crippen molar-refractivity contribution in [3.05, 3.63) is 0 Å². The minimum atomic E-state index is -1.91. The molecular formula is C60H100N14O18. The van der Waals surface area contributed by atoms with E-state index >= 15 is 0 Å². The van der Waals surface area contributed by atoms with Crippen LogP contribution in [0.1, 0.15) is 165 Å². The third kappa shape index (κ3) is 25.2. The standard InChI is InChI=1S/C60H100N14O18/c1-30(2)27-39(68-50(81)35-16-12-24-63-35)53(84)64-34(9)49(80)67-38(20-22-45(76)77)58(89)73-25-13-18-43(73)56(87)72-48(33(7)8)59(90)74-26-14-17-42(74)55(86)69-40(28-31(3)4)54(85)71-47(32(5)6)57(88)66-36(15-10-11-23-61)51(82)65-37(19-21-44(62)75)52(83)70-41(60(91)92)29-46(78)79/h30-43,47-48,63H,10-29,61H2,1-9H3,(H2,62,75)(H,64,84)(H,65,82)(H,66,88)(H,67,80)(H,68,81)(H,69,86)(H,70,83)(H,71,85)(H,72,87)(H,76,77)(H,78,79)(H,91,92)/t34-,35-,36-,37-,38-,39-,40-,41-,42-,43-,47-,48-/m0/s1.